The first-order valence-electron chi connectivity index (χ1n) is 10.9. The Hall–Kier alpha value is -3.94. The Labute approximate surface area is 204 Å². The van der Waals surface area contributed by atoms with Crippen LogP contribution < -0.4 is 0 Å². The predicted octanol–water partition coefficient (Wildman–Crippen LogP) is 6.08. The molecular formula is C28H21NO4S2. The van der Waals surface area contributed by atoms with E-state index in [1.165, 1.54) is 30.3 Å². The SMILES string of the molecule is O=S(=O)(C(=Cc1c(-c2ccccc2)[nH]c2ccccc12)S(=O)(=O)c1ccccc1)c1ccccc1. The van der Waals surface area contributed by atoms with E-state index in [0.29, 0.717) is 11.3 Å². The topological polar surface area (TPSA) is 84.1 Å². The minimum atomic E-state index is -4.39. The molecule has 0 unspecified atom stereocenters. The third kappa shape index (κ3) is 4.20. The summed E-state index contributed by atoms with van der Waals surface area (Å²) in [6, 6.07) is 32.1. The van der Waals surface area contributed by atoms with Crippen molar-refractivity contribution in [3.63, 3.8) is 0 Å². The fraction of sp³-hybridized carbons (Fsp3) is 0. The number of hydrogen-bond acceptors (Lipinski definition) is 4. The summed E-state index contributed by atoms with van der Waals surface area (Å²) in [5.41, 5.74) is 2.70. The fourth-order valence-corrected chi connectivity index (χ4v) is 7.77. The lowest BCUT2D eigenvalue weighted by Gasteiger charge is -2.12. The van der Waals surface area contributed by atoms with Crippen LogP contribution in [0.3, 0.4) is 0 Å². The zero-order valence-corrected chi connectivity index (χ0v) is 20.1. The lowest BCUT2D eigenvalue weighted by atomic mass is 10.1. The third-order valence-electron chi connectivity index (χ3n) is 5.71. The molecule has 1 heterocycles. The van der Waals surface area contributed by atoms with Crippen LogP contribution in [0.4, 0.5) is 0 Å². The van der Waals surface area contributed by atoms with Crippen molar-refractivity contribution < 1.29 is 16.8 Å². The molecule has 0 aliphatic rings. The largest absolute Gasteiger partial charge is 0.354 e. The summed E-state index contributed by atoms with van der Waals surface area (Å²) < 4.78 is 54.5. The zero-order valence-electron chi connectivity index (χ0n) is 18.5. The summed E-state index contributed by atoms with van der Waals surface area (Å²) in [7, 11) is -8.78. The van der Waals surface area contributed by atoms with Gasteiger partial charge in [0.2, 0.25) is 19.7 Å². The van der Waals surface area contributed by atoms with Crippen molar-refractivity contribution in [2.24, 2.45) is 0 Å². The highest BCUT2D eigenvalue weighted by Crippen LogP contribution is 2.36. The number of rotatable bonds is 6. The summed E-state index contributed by atoms with van der Waals surface area (Å²) in [6.07, 6.45) is 1.28. The van der Waals surface area contributed by atoms with Crippen LogP contribution in [-0.4, -0.2) is 21.8 Å². The van der Waals surface area contributed by atoms with Crippen LogP contribution in [0.15, 0.2) is 129 Å². The summed E-state index contributed by atoms with van der Waals surface area (Å²) in [6.45, 7) is 0. The first-order chi connectivity index (χ1) is 16.9. The highest BCUT2D eigenvalue weighted by molar-refractivity contribution is 8.14. The minimum Gasteiger partial charge on any atom is -0.354 e. The van der Waals surface area contributed by atoms with Crippen molar-refractivity contribution in [2.75, 3.05) is 0 Å². The van der Waals surface area contributed by atoms with Crippen LogP contribution in [0.1, 0.15) is 5.56 Å². The second-order valence-electron chi connectivity index (χ2n) is 7.92. The van der Waals surface area contributed by atoms with Crippen molar-refractivity contribution in [3.05, 3.63) is 125 Å². The molecule has 0 bridgehead atoms. The number of fused-ring (bicyclic) bond motifs is 1. The molecule has 0 fully saturated rings. The molecule has 35 heavy (non-hydrogen) atoms. The number of nitrogens with one attached hydrogen (secondary N) is 1. The van der Waals surface area contributed by atoms with E-state index >= 15 is 0 Å². The third-order valence-corrected chi connectivity index (χ3v) is 10.1. The van der Waals surface area contributed by atoms with Gasteiger partial charge < -0.3 is 4.98 Å². The van der Waals surface area contributed by atoms with Crippen LogP contribution in [0.2, 0.25) is 0 Å². The van der Waals surface area contributed by atoms with Crippen molar-refractivity contribution in [3.8, 4) is 11.3 Å². The number of para-hydroxylation sites is 1. The minimum absolute atomic E-state index is 0.0909. The second-order valence-corrected chi connectivity index (χ2v) is 12.0. The number of H-pyrrole nitrogens is 1. The molecule has 5 rings (SSSR count). The molecule has 0 spiro atoms. The Balaban J connectivity index is 1.86. The lowest BCUT2D eigenvalue weighted by molar-refractivity contribution is 0.595. The maximum atomic E-state index is 13.8. The molecule has 0 aliphatic carbocycles. The van der Waals surface area contributed by atoms with Gasteiger partial charge in [-0.2, -0.15) is 0 Å². The molecule has 5 aromatic rings. The number of sulfone groups is 2. The Bertz CT molecular complexity index is 1670. The predicted molar refractivity (Wildman–Crippen MR) is 139 cm³/mol. The quantitative estimate of drug-likeness (QED) is 0.307. The van der Waals surface area contributed by atoms with Gasteiger partial charge in [0.15, 0.2) is 4.24 Å². The Morgan fingerprint density at radius 2 is 1.03 bits per heavy atom. The van der Waals surface area contributed by atoms with E-state index in [0.717, 1.165) is 16.5 Å². The molecule has 174 valence electrons. The smallest absolute Gasteiger partial charge is 0.217 e. The van der Waals surface area contributed by atoms with Crippen LogP contribution in [0.25, 0.3) is 28.2 Å². The van der Waals surface area contributed by atoms with E-state index in [2.05, 4.69) is 4.98 Å². The molecule has 0 saturated heterocycles. The van der Waals surface area contributed by atoms with Crippen LogP contribution in [0.5, 0.6) is 0 Å². The van der Waals surface area contributed by atoms with E-state index in [9.17, 15) is 16.8 Å². The standard InChI is InChI=1S/C28H21NO4S2/c30-34(31,22-14-6-2-7-15-22)27(35(32,33)23-16-8-3-9-17-23)20-25-24-18-10-11-19-26(24)29-28(25)21-12-4-1-5-13-21/h1-20,29H. The Kier molecular flexibility index (Phi) is 5.88. The maximum Gasteiger partial charge on any atom is 0.217 e. The highest BCUT2D eigenvalue weighted by Gasteiger charge is 2.34. The van der Waals surface area contributed by atoms with Crippen LogP contribution in [0, 0.1) is 0 Å². The molecule has 0 amide bonds. The number of benzene rings is 4. The molecule has 0 radical (unpaired) electrons. The van der Waals surface area contributed by atoms with Gasteiger partial charge in [0.25, 0.3) is 0 Å². The molecule has 0 aliphatic heterocycles. The van der Waals surface area contributed by atoms with Gasteiger partial charge in [0.1, 0.15) is 0 Å². The summed E-state index contributed by atoms with van der Waals surface area (Å²) in [5.74, 6) is 0. The van der Waals surface area contributed by atoms with Crippen molar-refractivity contribution in [1.29, 1.82) is 0 Å². The van der Waals surface area contributed by atoms with E-state index in [-0.39, 0.29) is 9.79 Å². The number of aromatic nitrogens is 1. The first-order valence-corrected chi connectivity index (χ1v) is 13.8. The Morgan fingerprint density at radius 1 is 0.571 bits per heavy atom. The molecule has 0 saturated carbocycles. The van der Waals surface area contributed by atoms with Gasteiger partial charge >= 0.3 is 0 Å². The van der Waals surface area contributed by atoms with Crippen molar-refractivity contribution in [2.45, 2.75) is 9.79 Å². The van der Waals surface area contributed by atoms with Gasteiger partial charge in [-0.15, -0.1) is 0 Å². The van der Waals surface area contributed by atoms with Crippen LogP contribution in [-0.2, 0) is 19.7 Å². The molecule has 1 N–H and O–H groups in total. The summed E-state index contributed by atoms with van der Waals surface area (Å²) >= 11 is 0. The molecule has 0 atom stereocenters. The molecule has 5 nitrogen and oxygen atoms in total. The van der Waals surface area contributed by atoms with Gasteiger partial charge in [-0.25, -0.2) is 16.8 Å². The average Bonchev–Trinajstić information content (AvgIpc) is 3.27. The molecule has 4 aromatic carbocycles. The molecule has 7 heteroatoms. The maximum absolute atomic E-state index is 13.8. The van der Waals surface area contributed by atoms with E-state index in [1.807, 2.05) is 54.6 Å². The van der Waals surface area contributed by atoms with Crippen molar-refractivity contribution in [1.82, 2.24) is 4.98 Å². The summed E-state index contributed by atoms with van der Waals surface area (Å²) in [4.78, 5) is 3.15. The van der Waals surface area contributed by atoms with Crippen molar-refractivity contribution >= 4 is 36.7 Å². The van der Waals surface area contributed by atoms with E-state index in [1.54, 1.807) is 36.4 Å². The lowest BCUT2D eigenvalue weighted by Crippen LogP contribution is -2.15. The van der Waals surface area contributed by atoms with E-state index < -0.39 is 23.9 Å². The monoisotopic (exact) mass is 499 g/mol. The van der Waals surface area contributed by atoms with Gasteiger partial charge in [-0.05, 0) is 42.0 Å². The average molecular weight is 500 g/mol. The number of aromatic amines is 1. The molecular weight excluding hydrogens is 478 g/mol. The zero-order chi connectivity index (χ0) is 24.5. The van der Waals surface area contributed by atoms with Gasteiger partial charge in [-0.1, -0.05) is 84.9 Å². The summed E-state index contributed by atoms with van der Waals surface area (Å²) in [5, 5.41) is 0.718. The second kappa shape index (κ2) is 9.02. The van der Waals surface area contributed by atoms with Crippen LogP contribution >= 0.6 is 0 Å². The van der Waals surface area contributed by atoms with E-state index in [4.69, 9.17) is 0 Å². The Morgan fingerprint density at radius 3 is 1.57 bits per heavy atom. The first kappa shape index (κ1) is 22.8. The highest BCUT2D eigenvalue weighted by atomic mass is 32.3. The number of hydrogen-bond donors (Lipinski definition) is 1. The van der Waals surface area contributed by atoms with Gasteiger partial charge in [-0.3, -0.25) is 0 Å². The van der Waals surface area contributed by atoms with Gasteiger partial charge in [0, 0.05) is 16.5 Å². The normalized spacial score (nSPS) is 11.9. The van der Waals surface area contributed by atoms with Gasteiger partial charge in [0.05, 0.1) is 15.5 Å². The fourth-order valence-electron chi connectivity index (χ4n) is 4.00. The molecule has 1 aromatic heterocycles.